The zero-order chi connectivity index (χ0) is 11.7. The molecule has 3 aromatic rings. The Balaban J connectivity index is 2.34. The van der Waals surface area contributed by atoms with Gasteiger partial charge in [0, 0.05) is 23.3 Å². The first-order valence-corrected chi connectivity index (χ1v) is 5.22. The fourth-order valence-electron chi connectivity index (χ4n) is 1.86. The summed E-state index contributed by atoms with van der Waals surface area (Å²) >= 11 is 0. The van der Waals surface area contributed by atoms with Crippen molar-refractivity contribution in [1.82, 2.24) is 15.0 Å². The standard InChI is InChI=1S/C13H9N3O/c17-13-8-15-7-12(16-13)10-3-1-2-9-4-5-14-6-11(9)10/h1-8H,(H,16,17). The molecule has 0 fully saturated rings. The monoisotopic (exact) mass is 223 g/mol. The molecule has 0 bridgehead atoms. The average Bonchev–Trinajstić information content (AvgIpc) is 2.38. The second kappa shape index (κ2) is 3.83. The van der Waals surface area contributed by atoms with Crippen LogP contribution in [0, 0.1) is 0 Å². The van der Waals surface area contributed by atoms with Crippen LogP contribution in [0.3, 0.4) is 0 Å². The maximum atomic E-state index is 11.3. The molecule has 0 amide bonds. The van der Waals surface area contributed by atoms with Crippen LogP contribution in [0.25, 0.3) is 22.0 Å². The second-order valence-corrected chi connectivity index (χ2v) is 3.71. The highest BCUT2D eigenvalue weighted by atomic mass is 16.1. The van der Waals surface area contributed by atoms with Crippen LogP contribution in [-0.4, -0.2) is 15.0 Å². The number of aromatic nitrogens is 3. The normalized spacial score (nSPS) is 10.6. The van der Waals surface area contributed by atoms with Gasteiger partial charge in [-0.25, -0.2) is 0 Å². The summed E-state index contributed by atoms with van der Waals surface area (Å²) in [5.74, 6) is 0. The fraction of sp³-hybridized carbons (Fsp3) is 0. The maximum Gasteiger partial charge on any atom is 0.266 e. The summed E-state index contributed by atoms with van der Waals surface area (Å²) < 4.78 is 0. The highest BCUT2D eigenvalue weighted by Gasteiger charge is 2.04. The maximum absolute atomic E-state index is 11.3. The molecule has 0 saturated heterocycles. The van der Waals surface area contributed by atoms with Crippen molar-refractivity contribution in [2.75, 3.05) is 0 Å². The van der Waals surface area contributed by atoms with Gasteiger partial charge in [-0.15, -0.1) is 0 Å². The molecule has 0 aliphatic heterocycles. The molecule has 0 atom stereocenters. The van der Waals surface area contributed by atoms with E-state index in [-0.39, 0.29) is 5.56 Å². The van der Waals surface area contributed by atoms with Crippen LogP contribution in [0.1, 0.15) is 0 Å². The minimum absolute atomic E-state index is 0.205. The first kappa shape index (κ1) is 9.72. The summed E-state index contributed by atoms with van der Waals surface area (Å²) in [4.78, 5) is 22.0. The lowest BCUT2D eigenvalue weighted by Gasteiger charge is -2.05. The first-order valence-electron chi connectivity index (χ1n) is 5.22. The third-order valence-electron chi connectivity index (χ3n) is 2.63. The molecule has 0 radical (unpaired) electrons. The van der Waals surface area contributed by atoms with Crippen molar-refractivity contribution >= 4 is 10.8 Å². The van der Waals surface area contributed by atoms with Crippen LogP contribution in [0.5, 0.6) is 0 Å². The van der Waals surface area contributed by atoms with Crippen molar-refractivity contribution in [2.24, 2.45) is 0 Å². The van der Waals surface area contributed by atoms with Gasteiger partial charge in [-0.05, 0) is 11.5 Å². The predicted octanol–water partition coefficient (Wildman–Crippen LogP) is 1.99. The summed E-state index contributed by atoms with van der Waals surface area (Å²) in [7, 11) is 0. The van der Waals surface area contributed by atoms with Crippen molar-refractivity contribution in [3.05, 3.63) is 59.4 Å². The number of H-pyrrole nitrogens is 1. The third kappa shape index (κ3) is 1.69. The topological polar surface area (TPSA) is 58.6 Å². The minimum Gasteiger partial charge on any atom is -0.319 e. The van der Waals surface area contributed by atoms with Crippen molar-refractivity contribution in [1.29, 1.82) is 0 Å². The van der Waals surface area contributed by atoms with Gasteiger partial charge < -0.3 is 4.98 Å². The quantitative estimate of drug-likeness (QED) is 0.686. The van der Waals surface area contributed by atoms with Gasteiger partial charge in [0.1, 0.15) is 0 Å². The van der Waals surface area contributed by atoms with E-state index in [0.29, 0.717) is 5.69 Å². The molecule has 2 heterocycles. The summed E-state index contributed by atoms with van der Waals surface area (Å²) in [6, 6.07) is 7.84. The molecule has 17 heavy (non-hydrogen) atoms. The zero-order valence-corrected chi connectivity index (χ0v) is 8.92. The number of rotatable bonds is 1. The van der Waals surface area contributed by atoms with E-state index in [1.54, 1.807) is 18.6 Å². The molecule has 0 spiro atoms. The first-order chi connectivity index (χ1) is 8.34. The molecule has 0 aliphatic carbocycles. The van der Waals surface area contributed by atoms with Crippen LogP contribution >= 0.6 is 0 Å². The molecule has 82 valence electrons. The molecule has 1 aromatic carbocycles. The Bertz CT molecular complexity index is 728. The van der Waals surface area contributed by atoms with Crippen molar-refractivity contribution < 1.29 is 0 Å². The van der Waals surface area contributed by atoms with Gasteiger partial charge in [-0.2, -0.15) is 0 Å². The van der Waals surface area contributed by atoms with Gasteiger partial charge in [0.2, 0.25) is 0 Å². The smallest absolute Gasteiger partial charge is 0.266 e. The Morgan fingerprint density at radius 3 is 2.82 bits per heavy atom. The number of nitrogens with zero attached hydrogens (tertiary/aromatic N) is 2. The molecule has 0 saturated carbocycles. The van der Waals surface area contributed by atoms with E-state index < -0.39 is 0 Å². The van der Waals surface area contributed by atoms with Gasteiger partial charge in [0.25, 0.3) is 5.56 Å². The predicted molar refractivity (Wildman–Crippen MR) is 65.6 cm³/mol. The SMILES string of the molecule is O=c1cncc(-c2cccc3ccncc23)[nH]1. The lowest BCUT2D eigenvalue weighted by Crippen LogP contribution is -2.05. The molecule has 0 aliphatic rings. The van der Waals surface area contributed by atoms with Gasteiger partial charge in [0.15, 0.2) is 0 Å². The molecular weight excluding hydrogens is 214 g/mol. The Kier molecular flexibility index (Phi) is 2.19. The number of fused-ring (bicyclic) bond motifs is 1. The van der Waals surface area contributed by atoms with E-state index in [0.717, 1.165) is 16.3 Å². The molecular formula is C13H9N3O. The van der Waals surface area contributed by atoms with Gasteiger partial charge in [0.05, 0.1) is 18.1 Å². The van der Waals surface area contributed by atoms with Crippen molar-refractivity contribution in [2.45, 2.75) is 0 Å². The van der Waals surface area contributed by atoms with Crippen LogP contribution in [0.15, 0.2) is 53.8 Å². The Hall–Kier alpha value is -2.49. The highest BCUT2D eigenvalue weighted by molar-refractivity contribution is 5.94. The van der Waals surface area contributed by atoms with E-state index in [4.69, 9.17) is 0 Å². The summed E-state index contributed by atoms with van der Waals surface area (Å²) in [5.41, 5.74) is 1.43. The molecule has 1 N–H and O–H groups in total. The Morgan fingerprint density at radius 2 is 1.94 bits per heavy atom. The van der Waals surface area contributed by atoms with Gasteiger partial charge in [-0.3, -0.25) is 14.8 Å². The Morgan fingerprint density at radius 1 is 1.00 bits per heavy atom. The van der Waals surface area contributed by atoms with E-state index in [9.17, 15) is 4.79 Å². The largest absolute Gasteiger partial charge is 0.319 e. The van der Waals surface area contributed by atoms with Gasteiger partial charge >= 0.3 is 0 Å². The molecule has 2 aromatic heterocycles. The average molecular weight is 223 g/mol. The van der Waals surface area contributed by atoms with Crippen LogP contribution in [-0.2, 0) is 0 Å². The van der Waals surface area contributed by atoms with Crippen LogP contribution in [0.4, 0.5) is 0 Å². The number of hydrogen-bond donors (Lipinski definition) is 1. The number of hydrogen-bond acceptors (Lipinski definition) is 3. The van der Waals surface area contributed by atoms with Crippen molar-refractivity contribution in [3.63, 3.8) is 0 Å². The molecule has 3 rings (SSSR count). The molecule has 4 heteroatoms. The molecule has 4 nitrogen and oxygen atoms in total. The number of nitrogens with one attached hydrogen (secondary N) is 1. The zero-order valence-electron chi connectivity index (χ0n) is 8.92. The lowest BCUT2D eigenvalue weighted by atomic mass is 10.0. The van der Waals surface area contributed by atoms with E-state index in [2.05, 4.69) is 15.0 Å². The van der Waals surface area contributed by atoms with E-state index in [1.807, 2.05) is 24.3 Å². The number of benzene rings is 1. The number of aromatic amines is 1. The summed E-state index contributed by atoms with van der Waals surface area (Å²) in [6.07, 6.45) is 6.43. The van der Waals surface area contributed by atoms with E-state index in [1.165, 1.54) is 6.20 Å². The summed E-state index contributed by atoms with van der Waals surface area (Å²) in [5, 5.41) is 2.08. The van der Waals surface area contributed by atoms with Crippen LogP contribution in [0.2, 0.25) is 0 Å². The van der Waals surface area contributed by atoms with Gasteiger partial charge in [-0.1, -0.05) is 18.2 Å². The second-order valence-electron chi connectivity index (χ2n) is 3.71. The highest BCUT2D eigenvalue weighted by Crippen LogP contribution is 2.25. The van der Waals surface area contributed by atoms with E-state index >= 15 is 0 Å². The lowest BCUT2D eigenvalue weighted by molar-refractivity contribution is 1.15. The Labute approximate surface area is 97.0 Å². The number of pyridine rings is 1. The van der Waals surface area contributed by atoms with Crippen LogP contribution < -0.4 is 5.56 Å². The summed E-state index contributed by atoms with van der Waals surface area (Å²) in [6.45, 7) is 0. The third-order valence-corrected chi connectivity index (χ3v) is 2.63. The molecule has 0 unspecified atom stereocenters. The van der Waals surface area contributed by atoms with Crippen molar-refractivity contribution in [3.8, 4) is 11.3 Å². The fourth-order valence-corrected chi connectivity index (χ4v) is 1.86. The minimum atomic E-state index is -0.205.